The molecule has 0 saturated heterocycles. The Bertz CT molecular complexity index is 1150. The second-order valence-electron chi connectivity index (χ2n) is 6.17. The van der Waals surface area contributed by atoms with Crippen LogP contribution in [-0.2, 0) is 4.79 Å². The Morgan fingerprint density at radius 2 is 1.79 bits per heavy atom. The molecule has 28 heavy (non-hydrogen) atoms. The molecule has 3 aromatic rings. The van der Waals surface area contributed by atoms with E-state index >= 15 is 0 Å². The van der Waals surface area contributed by atoms with E-state index in [1.165, 1.54) is 5.01 Å². The normalized spacial score (nSPS) is 15.4. The molecule has 0 spiro atoms. The molecule has 0 atom stereocenters. The molecule has 0 bridgehead atoms. The third-order valence-electron chi connectivity index (χ3n) is 4.23. The largest absolute Gasteiger partial charge is 0.457 e. The highest BCUT2D eigenvalue weighted by Crippen LogP contribution is 2.33. The molecule has 1 aromatic heterocycles. The summed E-state index contributed by atoms with van der Waals surface area (Å²) in [4.78, 5) is 12.8. The molecule has 140 valence electrons. The molecular formula is C21H13Cl3N2O2. The summed E-state index contributed by atoms with van der Waals surface area (Å²) >= 11 is 18.2. The Balaban J connectivity index is 1.64. The first-order valence-electron chi connectivity index (χ1n) is 8.35. The summed E-state index contributed by atoms with van der Waals surface area (Å²) < 4.78 is 5.86. The van der Waals surface area contributed by atoms with Gasteiger partial charge in [0.05, 0.1) is 22.0 Å². The minimum absolute atomic E-state index is 0.248. The van der Waals surface area contributed by atoms with Gasteiger partial charge < -0.3 is 4.42 Å². The van der Waals surface area contributed by atoms with Crippen molar-refractivity contribution in [1.82, 2.24) is 0 Å². The Morgan fingerprint density at radius 1 is 1.00 bits per heavy atom. The van der Waals surface area contributed by atoms with Gasteiger partial charge in [0.1, 0.15) is 11.5 Å². The molecule has 1 aliphatic heterocycles. The van der Waals surface area contributed by atoms with Crippen molar-refractivity contribution in [2.45, 2.75) is 6.92 Å². The molecule has 7 heteroatoms. The van der Waals surface area contributed by atoms with E-state index in [-0.39, 0.29) is 5.91 Å². The quantitative estimate of drug-likeness (QED) is 0.432. The smallest absolute Gasteiger partial charge is 0.280 e. The van der Waals surface area contributed by atoms with Crippen LogP contribution in [-0.4, -0.2) is 11.6 Å². The second kappa shape index (κ2) is 7.47. The number of anilines is 1. The van der Waals surface area contributed by atoms with E-state index < -0.39 is 0 Å². The number of hydrazone groups is 1. The average molecular weight is 432 g/mol. The number of carbonyl (C=O) groups is 1. The van der Waals surface area contributed by atoms with Crippen LogP contribution >= 0.6 is 34.8 Å². The van der Waals surface area contributed by atoms with E-state index in [9.17, 15) is 4.79 Å². The van der Waals surface area contributed by atoms with E-state index in [4.69, 9.17) is 39.2 Å². The number of hydrogen-bond acceptors (Lipinski definition) is 3. The van der Waals surface area contributed by atoms with Crippen LogP contribution in [0.3, 0.4) is 0 Å². The van der Waals surface area contributed by atoms with E-state index in [1.807, 2.05) is 0 Å². The van der Waals surface area contributed by atoms with E-state index in [0.29, 0.717) is 43.6 Å². The van der Waals surface area contributed by atoms with Gasteiger partial charge in [-0.05, 0) is 61.5 Å². The van der Waals surface area contributed by atoms with E-state index in [2.05, 4.69) is 5.10 Å². The van der Waals surface area contributed by atoms with Gasteiger partial charge in [0.25, 0.3) is 5.91 Å². The van der Waals surface area contributed by atoms with Crippen molar-refractivity contribution >= 4 is 58.2 Å². The van der Waals surface area contributed by atoms with Gasteiger partial charge in [0.2, 0.25) is 0 Å². The van der Waals surface area contributed by atoms with Crippen LogP contribution in [0.5, 0.6) is 0 Å². The first kappa shape index (κ1) is 18.8. The summed E-state index contributed by atoms with van der Waals surface area (Å²) in [6, 6.07) is 15.7. The average Bonchev–Trinajstić information content (AvgIpc) is 3.22. The van der Waals surface area contributed by atoms with Crippen molar-refractivity contribution < 1.29 is 9.21 Å². The second-order valence-corrected chi connectivity index (χ2v) is 7.45. The van der Waals surface area contributed by atoms with Gasteiger partial charge in [0.15, 0.2) is 0 Å². The number of halogens is 3. The van der Waals surface area contributed by atoms with Gasteiger partial charge >= 0.3 is 0 Å². The first-order chi connectivity index (χ1) is 13.4. The Kier molecular flexibility index (Phi) is 5.02. The molecule has 1 amide bonds. The lowest BCUT2D eigenvalue weighted by Crippen LogP contribution is -2.21. The van der Waals surface area contributed by atoms with Crippen molar-refractivity contribution in [2.75, 3.05) is 5.01 Å². The molecule has 0 aliphatic carbocycles. The van der Waals surface area contributed by atoms with Crippen LogP contribution in [0, 0.1) is 0 Å². The molecular weight excluding hydrogens is 419 g/mol. The molecule has 4 nitrogen and oxygen atoms in total. The zero-order chi connectivity index (χ0) is 19.8. The lowest BCUT2D eigenvalue weighted by molar-refractivity contribution is -0.114. The number of benzene rings is 2. The summed E-state index contributed by atoms with van der Waals surface area (Å²) in [6.07, 6.45) is 1.67. The number of furan rings is 1. The van der Waals surface area contributed by atoms with Crippen LogP contribution in [0.2, 0.25) is 15.1 Å². The fourth-order valence-electron chi connectivity index (χ4n) is 2.87. The molecule has 0 N–H and O–H groups in total. The van der Waals surface area contributed by atoms with Crippen molar-refractivity contribution in [3.8, 4) is 11.3 Å². The summed E-state index contributed by atoms with van der Waals surface area (Å²) in [6.45, 7) is 1.77. The fraction of sp³-hybridized carbons (Fsp3) is 0.0476. The SMILES string of the molecule is CC1=NN(c2cccc(Cl)c2)C(=O)C1=Cc1ccc(-c2ccc(Cl)cc2Cl)o1. The number of nitrogens with zero attached hydrogens (tertiary/aromatic N) is 2. The van der Waals surface area contributed by atoms with Gasteiger partial charge in [-0.25, -0.2) is 0 Å². The zero-order valence-corrected chi connectivity index (χ0v) is 16.9. The van der Waals surface area contributed by atoms with E-state index in [1.54, 1.807) is 67.6 Å². The Labute approximate surface area is 176 Å². The highest BCUT2D eigenvalue weighted by atomic mass is 35.5. The van der Waals surface area contributed by atoms with E-state index in [0.717, 1.165) is 5.56 Å². The summed E-state index contributed by atoms with van der Waals surface area (Å²) in [7, 11) is 0. The van der Waals surface area contributed by atoms with Crippen LogP contribution in [0.25, 0.3) is 17.4 Å². The molecule has 0 unspecified atom stereocenters. The van der Waals surface area contributed by atoms with Crippen LogP contribution in [0.1, 0.15) is 12.7 Å². The minimum atomic E-state index is -0.248. The number of carbonyl (C=O) groups excluding carboxylic acids is 1. The molecule has 2 heterocycles. The lowest BCUT2D eigenvalue weighted by atomic mass is 10.1. The maximum atomic E-state index is 12.8. The van der Waals surface area contributed by atoms with Gasteiger partial charge in [-0.1, -0.05) is 40.9 Å². The van der Waals surface area contributed by atoms with Gasteiger partial charge in [-0.15, -0.1) is 0 Å². The van der Waals surface area contributed by atoms with Gasteiger partial charge in [0, 0.05) is 15.6 Å². The highest BCUT2D eigenvalue weighted by molar-refractivity contribution is 6.36. The van der Waals surface area contributed by atoms with Crippen LogP contribution < -0.4 is 5.01 Å². The number of amides is 1. The van der Waals surface area contributed by atoms with Crippen molar-refractivity contribution in [1.29, 1.82) is 0 Å². The van der Waals surface area contributed by atoms with Crippen molar-refractivity contribution in [3.63, 3.8) is 0 Å². The zero-order valence-electron chi connectivity index (χ0n) is 14.6. The van der Waals surface area contributed by atoms with Crippen molar-refractivity contribution in [2.24, 2.45) is 5.10 Å². The number of rotatable bonds is 3. The Morgan fingerprint density at radius 3 is 2.54 bits per heavy atom. The van der Waals surface area contributed by atoms with Crippen LogP contribution in [0.15, 0.2) is 69.7 Å². The maximum absolute atomic E-state index is 12.8. The standard InChI is InChI=1S/C21H13Cl3N2O2/c1-12-18(21(27)26(25-12)15-4-2-3-13(22)9-15)11-16-6-8-20(28-16)17-7-5-14(23)10-19(17)24/h2-11H,1H3. The lowest BCUT2D eigenvalue weighted by Gasteiger charge is -2.11. The highest BCUT2D eigenvalue weighted by Gasteiger charge is 2.29. The summed E-state index contributed by atoms with van der Waals surface area (Å²) in [5, 5.41) is 7.24. The first-order valence-corrected chi connectivity index (χ1v) is 9.48. The third-order valence-corrected chi connectivity index (χ3v) is 5.01. The number of hydrogen-bond donors (Lipinski definition) is 0. The molecule has 1 aliphatic rings. The van der Waals surface area contributed by atoms with Crippen molar-refractivity contribution in [3.05, 3.63) is 81.0 Å². The molecule has 0 radical (unpaired) electrons. The third kappa shape index (κ3) is 3.59. The molecule has 0 fully saturated rings. The topological polar surface area (TPSA) is 45.8 Å². The minimum Gasteiger partial charge on any atom is -0.457 e. The maximum Gasteiger partial charge on any atom is 0.280 e. The molecule has 4 rings (SSSR count). The fourth-order valence-corrected chi connectivity index (χ4v) is 3.56. The van der Waals surface area contributed by atoms with Gasteiger partial charge in [-0.2, -0.15) is 10.1 Å². The predicted octanol–water partition coefficient (Wildman–Crippen LogP) is 6.71. The summed E-state index contributed by atoms with van der Waals surface area (Å²) in [5.41, 5.74) is 2.36. The Hall–Kier alpha value is -2.53. The van der Waals surface area contributed by atoms with Gasteiger partial charge in [-0.3, -0.25) is 4.79 Å². The monoisotopic (exact) mass is 430 g/mol. The van der Waals surface area contributed by atoms with Crippen LogP contribution in [0.4, 0.5) is 5.69 Å². The predicted molar refractivity (Wildman–Crippen MR) is 114 cm³/mol. The molecule has 2 aromatic carbocycles. The molecule has 0 saturated carbocycles. The summed E-state index contributed by atoms with van der Waals surface area (Å²) in [5.74, 6) is 0.856.